The fourth-order valence-corrected chi connectivity index (χ4v) is 2.92. The van der Waals surface area contributed by atoms with Crippen molar-refractivity contribution >= 4 is 29.5 Å². The molecule has 2 amide bonds. The Morgan fingerprint density at radius 3 is 2.50 bits per heavy atom. The molecule has 1 rings (SSSR count). The Labute approximate surface area is 146 Å². The molecule has 0 radical (unpaired) electrons. The molecule has 6 nitrogen and oxygen atoms in total. The van der Waals surface area contributed by atoms with Gasteiger partial charge in [-0.1, -0.05) is 19.1 Å². The van der Waals surface area contributed by atoms with Gasteiger partial charge in [0.15, 0.2) is 0 Å². The van der Waals surface area contributed by atoms with Crippen LogP contribution in [0.4, 0.5) is 0 Å². The number of hydrogen-bond acceptors (Lipinski definition) is 5. The standard InChI is InChI=1S/C17H24N2O4S/c1-5-10-18-15(20)11(2)19-16(21)13-8-6-7-9-14(13)24-12(3)17(22)23-4/h6-9,11-12H,5,10H2,1-4H3,(H,18,20)(H,19,21). The molecule has 24 heavy (non-hydrogen) atoms. The highest BCUT2D eigenvalue weighted by atomic mass is 32.2. The number of benzene rings is 1. The minimum atomic E-state index is -0.639. The number of amides is 2. The van der Waals surface area contributed by atoms with E-state index in [1.165, 1.54) is 18.9 Å². The average Bonchev–Trinajstić information content (AvgIpc) is 2.58. The van der Waals surface area contributed by atoms with Crippen molar-refractivity contribution in [3.63, 3.8) is 0 Å². The topological polar surface area (TPSA) is 84.5 Å². The van der Waals surface area contributed by atoms with Crippen LogP contribution in [0.1, 0.15) is 37.6 Å². The van der Waals surface area contributed by atoms with E-state index < -0.39 is 11.3 Å². The van der Waals surface area contributed by atoms with E-state index in [4.69, 9.17) is 4.74 Å². The third-order valence-corrected chi connectivity index (χ3v) is 4.41. The number of carbonyl (C=O) groups is 3. The second-order valence-corrected chi connectivity index (χ2v) is 6.65. The average molecular weight is 352 g/mol. The first-order valence-electron chi connectivity index (χ1n) is 7.82. The second-order valence-electron chi connectivity index (χ2n) is 5.27. The molecule has 0 spiro atoms. The van der Waals surface area contributed by atoms with Crippen LogP contribution in [0.15, 0.2) is 29.2 Å². The molecule has 0 aliphatic rings. The molecule has 0 aliphatic carbocycles. The van der Waals surface area contributed by atoms with Crippen LogP contribution in [0.25, 0.3) is 0 Å². The molecule has 0 bridgehead atoms. The van der Waals surface area contributed by atoms with E-state index in [9.17, 15) is 14.4 Å². The number of rotatable bonds is 8. The van der Waals surface area contributed by atoms with E-state index in [1.54, 1.807) is 38.1 Å². The third-order valence-electron chi connectivity index (χ3n) is 3.26. The molecule has 1 aromatic rings. The van der Waals surface area contributed by atoms with Gasteiger partial charge in [-0.3, -0.25) is 14.4 Å². The van der Waals surface area contributed by atoms with Crippen LogP contribution in [0.5, 0.6) is 0 Å². The van der Waals surface area contributed by atoms with Crippen LogP contribution in [0, 0.1) is 0 Å². The van der Waals surface area contributed by atoms with Crippen LogP contribution >= 0.6 is 11.8 Å². The highest BCUT2D eigenvalue weighted by Gasteiger charge is 2.21. The largest absolute Gasteiger partial charge is 0.468 e. The van der Waals surface area contributed by atoms with E-state index in [0.717, 1.165) is 6.42 Å². The van der Waals surface area contributed by atoms with Crippen molar-refractivity contribution in [1.29, 1.82) is 0 Å². The zero-order valence-corrected chi connectivity index (χ0v) is 15.2. The summed E-state index contributed by atoms with van der Waals surface area (Å²) < 4.78 is 4.70. The van der Waals surface area contributed by atoms with Gasteiger partial charge in [0.2, 0.25) is 5.91 Å². The van der Waals surface area contributed by atoms with Gasteiger partial charge in [0, 0.05) is 11.4 Å². The fourth-order valence-electron chi connectivity index (χ4n) is 1.90. The Balaban J connectivity index is 2.80. The van der Waals surface area contributed by atoms with Crippen LogP contribution in [-0.4, -0.2) is 42.7 Å². The maximum Gasteiger partial charge on any atom is 0.318 e. The molecule has 0 fully saturated rings. The summed E-state index contributed by atoms with van der Waals surface area (Å²) >= 11 is 1.24. The summed E-state index contributed by atoms with van der Waals surface area (Å²) in [7, 11) is 1.33. The predicted molar refractivity (Wildman–Crippen MR) is 94.0 cm³/mol. The summed E-state index contributed by atoms with van der Waals surface area (Å²) in [6, 6.07) is 6.32. The lowest BCUT2D eigenvalue weighted by Gasteiger charge is -2.16. The second kappa shape index (κ2) is 9.97. The molecular weight excluding hydrogens is 328 g/mol. The first-order chi connectivity index (χ1) is 11.4. The van der Waals surface area contributed by atoms with Crippen molar-refractivity contribution in [3.8, 4) is 0 Å². The third kappa shape index (κ3) is 5.88. The van der Waals surface area contributed by atoms with Gasteiger partial charge in [-0.05, 0) is 32.4 Å². The summed E-state index contributed by atoms with van der Waals surface area (Å²) in [5, 5.41) is 4.98. The summed E-state index contributed by atoms with van der Waals surface area (Å²) in [5.74, 6) is -0.935. The van der Waals surface area contributed by atoms with Crippen molar-refractivity contribution in [2.45, 2.75) is 43.4 Å². The quantitative estimate of drug-likeness (QED) is 0.552. The number of thioether (sulfide) groups is 1. The first kappa shape index (κ1) is 20.0. The maximum absolute atomic E-state index is 12.5. The Morgan fingerprint density at radius 2 is 1.88 bits per heavy atom. The predicted octanol–water partition coefficient (Wildman–Crippen LogP) is 1.98. The van der Waals surface area contributed by atoms with Crippen molar-refractivity contribution < 1.29 is 19.1 Å². The molecule has 1 aromatic carbocycles. The highest BCUT2D eigenvalue weighted by Crippen LogP contribution is 2.27. The SMILES string of the molecule is CCCNC(=O)C(C)NC(=O)c1ccccc1SC(C)C(=O)OC. The van der Waals surface area contributed by atoms with E-state index in [1.807, 2.05) is 6.92 Å². The molecule has 132 valence electrons. The molecule has 2 unspecified atom stereocenters. The minimum absolute atomic E-state index is 0.224. The number of ether oxygens (including phenoxy) is 1. The summed E-state index contributed by atoms with van der Waals surface area (Å²) in [4.78, 5) is 36.6. The molecule has 0 heterocycles. The Kier molecular flexibility index (Phi) is 8.32. The first-order valence-corrected chi connectivity index (χ1v) is 8.70. The molecule has 2 N–H and O–H groups in total. The molecule has 0 saturated carbocycles. The summed E-state index contributed by atoms with van der Waals surface area (Å²) in [6.45, 7) is 5.88. The van der Waals surface area contributed by atoms with Gasteiger partial charge >= 0.3 is 5.97 Å². The van der Waals surface area contributed by atoms with Gasteiger partial charge in [0.1, 0.15) is 11.3 Å². The van der Waals surface area contributed by atoms with E-state index in [0.29, 0.717) is 17.0 Å². The van der Waals surface area contributed by atoms with E-state index in [2.05, 4.69) is 10.6 Å². The zero-order chi connectivity index (χ0) is 18.1. The molecular formula is C17H24N2O4S. The molecule has 0 aromatic heterocycles. The van der Waals surface area contributed by atoms with Crippen molar-refractivity contribution in [2.24, 2.45) is 0 Å². The Morgan fingerprint density at radius 1 is 1.21 bits per heavy atom. The zero-order valence-electron chi connectivity index (χ0n) is 14.4. The summed E-state index contributed by atoms with van der Waals surface area (Å²) in [6.07, 6.45) is 0.831. The lowest BCUT2D eigenvalue weighted by atomic mass is 10.2. The van der Waals surface area contributed by atoms with Gasteiger partial charge in [-0.2, -0.15) is 0 Å². The van der Waals surface area contributed by atoms with Gasteiger partial charge < -0.3 is 15.4 Å². The van der Waals surface area contributed by atoms with E-state index in [-0.39, 0.29) is 17.8 Å². The molecule has 0 saturated heterocycles. The summed E-state index contributed by atoms with van der Waals surface area (Å²) in [5.41, 5.74) is 0.424. The Bertz CT molecular complexity index is 592. The fraction of sp³-hybridized carbons (Fsp3) is 0.471. The number of carbonyl (C=O) groups excluding carboxylic acids is 3. The van der Waals surface area contributed by atoms with Crippen LogP contribution in [0.3, 0.4) is 0 Å². The number of methoxy groups -OCH3 is 1. The molecule has 7 heteroatoms. The van der Waals surface area contributed by atoms with Crippen molar-refractivity contribution in [2.75, 3.05) is 13.7 Å². The van der Waals surface area contributed by atoms with Crippen LogP contribution < -0.4 is 10.6 Å². The highest BCUT2D eigenvalue weighted by molar-refractivity contribution is 8.00. The van der Waals surface area contributed by atoms with Gasteiger partial charge in [-0.15, -0.1) is 11.8 Å². The lowest BCUT2D eigenvalue weighted by molar-refractivity contribution is -0.139. The maximum atomic E-state index is 12.5. The minimum Gasteiger partial charge on any atom is -0.468 e. The number of hydrogen-bond donors (Lipinski definition) is 2. The monoisotopic (exact) mass is 352 g/mol. The number of esters is 1. The van der Waals surface area contributed by atoms with Gasteiger partial charge in [-0.25, -0.2) is 0 Å². The van der Waals surface area contributed by atoms with Gasteiger partial charge in [0.25, 0.3) is 5.91 Å². The molecule has 2 atom stereocenters. The smallest absolute Gasteiger partial charge is 0.318 e. The van der Waals surface area contributed by atoms with Crippen molar-refractivity contribution in [3.05, 3.63) is 29.8 Å². The lowest BCUT2D eigenvalue weighted by Crippen LogP contribution is -2.45. The van der Waals surface area contributed by atoms with E-state index >= 15 is 0 Å². The Hall–Kier alpha value is -2.02. The van der Waals surface area contributed by atoms with Crippen molar-refractivity contribution in [1.82, 2.24) is 10.6 Å². The van der Waals surface area contributed by atoms with Crippen LogP contribution in [-0.2, 0) is 14.3 Å². The van der Waals surface area contributed by atoms with Gasteiger partial charge in [0.05, 0.1) is 12.7 Å². The molecule has 0 aliphatic heterocycles. The van der Waals surface area contributed by atoms with Crippen LogP contribution in [0.2, 0.25) is 0 Å². The normalized spacial score (nSPS) is 12.8. The number of nitrogens with one attached hydrogen (secondary N) is 2.